The van der Waals surface area contributed by atoms with Gasteiger partial charge < -0.3 is 24.7 Å². The largest absolute Gasteiger partial charge is 0.497 e. The van der Waals surface area contributed by atoms with E-state index >= 15 is 0 Å². The van der Waals surface area contributed by atoms with Crippen LogP contribution >= 0.6 is 15.9 Å². The summed E-state index contributed by atoms with van der Waals surface area (Å²) in [4.78, 5) is 38.1. The first-order chi connectivity index (χ1) is 13.5. The summed E-state index contributed by atoms with van der Waals surface area (Å²) in [5, 5.41) is 5.41. The van der Waals surface area contributed by atoms with E-state index in [0.29, 0.717) is 22.7 Å². The van der Waals surface area contributed by atoms with Crippen molar-refractivity contribution in [1.82, 2.24) is 10.6 Å². The SMILES string of the molecule is COc1cccc(N2CC(C(=O)NCCNC(=O)c3ccc(Br)o3)CC2=O)c1. The lowest BCUT2D eigenvalue weighted by Crippen LogP contribution is -2.38. The Bertz CT molecular complexity index is 882. The minimum Gasteiger partial charge on any atom is -0.497 e. The van der Waals surface area contributed by atoms with E-state index in [-0.39, 0.29) is 43.0 Å². The van der Waals surface area contributed by atoms with Crippen LogP contribution in [0.15, 0.2) is 45.5 Å². The monoisotopic (exact) mass is 449 g/mol. The molecular weight excluding hydrogens is 430 g/mol. The van der Waals surface area contributed by atoms with Gasteiger partial charge in [-0.3, -0.25) is 14.4 Å². The zero-order chi connectivity index (χ0) is 20.1. The van der Waals surface area contributed by atoms with E-state index in [1.807, 2.05) is 6.07 Å². The molecule has 9 heteroatoms. The first kappa shape index (κ1) is 19.9. The summed E-state index contributed by atoms with van der Waals surface area (Å²) in [6, 6.07) is 10.3. The molecule has 2 aromatic rings. The molecule has 1 aromatic heterocycles. The number of amides is 3. The fourth-order valence-electron chi connectivity index (χ4n) is 2.94. The first-order valence-electron chi connectivity index (χ1n) is 8.73. The molecule has 0 spiro atoms. The summed E-state index contributed by atoms with van der Waals surface area (Å²) in [5.41, 5.74) is 0.705. The van der Waals surface area contributed by atoms with Crippen LogP contribution < -0.4 is 20.3 Å². The highest BCUT2D eigenvalue weighted by Crippen LogP contribution is 2.27. The third-order valence-corrected chi connectivity index (χ3v) is 4.79. The van der Waals surface area contributed by atoms with Crippen molar-refractivity contribution >= 4 is 39.3 Å². The van der Waals surface area contributed by atoms with Crippen LogP contribution in [-0.2, 0) is 9.59 Å². The number of nitrogens with one attached hydrogen (secondary N) is 2. The molecule has 1 unspecified atom stereocenters. The van der Waals surface area contributed by atoms with Gasteiger partial charge >= 0.3 is 0 Å². The summed E-state index contributed by atoms with van der Waals surface area (Å²) in [6.45, 7) is 0.823. The van der Waals surface area contributed by atoms with E-state index in [2.05, 4.69) is 26.6 Å². The number of nitrogens with zero attached hydrogens (tertiary/aromatic N) is 1. The number of carbonyl (C=O) groups excluding carboxylic acids is 3. The van der Waals surface area contributed by atoms with Crippen LogP contribution in [0.2, 0.25) is 0 Å². The number of benzene rings is 1. The van der Waals surface area contributed by atoms with Gasteiger partial charge in [0.25, 0.3) is 5.91 Å². The third-order valence-electron chi connectivity index (χ3n) is 4.37. The van der Waals surface area contributed by atoms with Crippen LogP contribution in [0.3, 0.4) is 0 Å². The molecule has 2 heterocycles. The van der Waals surface area contributed by atoms with Crippen LogP contribution in [0.25, 0.3) is 0 Å². The van der Waals surface area contributed by atoms with Gasteiger partial charge in [0.05, 0.1) is 13.0 Å². The number of halogens is 1. The van der Waals surface area contributed by atoms with Gasteiger partial charge in [0.2, 0.25) is 11.8 Å². The lowest BCUT2D eigenvalue weighted by molar-refractivity contribution is -0.126. The van der Waals surface area contributed by atoms with Gasteiger partial charge in [-0.2, -0.15) is 0 Å². The standard InChI is InChI=1S/C19H20BrN3O5/c1-27-14-4-2-3-13(10-14)23-11-12(9-17(23)24)18(25)21-7-8-22-19(26)15-5-6-16(20)28-15/h2-6,10,12H,7-9,11H2,1H3,(H,21,25)(H,22,26). The Balaban J connectivity index is 1.46. The second-order valence-electron chi connectivity index (χ2n) is 6.26. The molecule has 2 N–H and O–H groups in total. The minimum absolute atomic E-state index is 0.106. The summed E-state index contributed by atoms with van der Waals surface area (Å²) in [7, 11) is 1.56. The zero-order valence-electron chi connectivity index (χ0n) is 15.2. The maximum Gasteiger partial charge on any atom is 0.287 e. The van der Waals surface area contributed by atoms with Crippen molar-refractivity contribution in [2.45, 2.75) is 6.42 Å². The van der Waals surface area contributed by atoms with Crippen molar-refractivity contribution in [1.29, 1.82) is 0 Å². The molecule has 1 fully saturated rings. The topological polar surface area (TPSA) is 101 Å². The number of hydrogen-bond acceptors (Lipinski definition) is 5. The van der Waals surface area contributed by atoms with E-state index in [9.17, 15) is 14.4 Å². The Hall–Kier alpha value is -2.81. The molecule has 0 radical (unpaired) electrons. The molecule has 148 valence electrons. The Kier molecular flexibility index (Phi) is 6.35. The summed E-state index contributed by atoms with van der Waals surface area (Å²) in [6.07, 6.45) is 0.149. The third kappa shape index (κ3) is 4.72. The average Bonchev–Trinajstić information content (AvgIpc) is 3.30. The van der Waals surface area contributed by atoms with Crippen LogP contribution in [0, 0.1) is 5.92 Å². The molecular formula is C19H20BrN3O5. The van der Waals surface area contributed by atoms with E-state index in [4.69, 9.17) is 9.15 Å². The van der Waals surface area contributed by atoms with Gasteiger partial charge in [-0.25, -0.2) is 0 Å². The molecule has 3 rings (SSSR count). The maximum absolute atomic E-state index is 12.4. The van der Waals surface area contributed by atoms with Crippen molar-refractivity contribution in [3.05, 3.63) is 46.8 Å². The van der Waals surface area contributed by atoms with E-state index in [1.54, 1.807) is 42.3 Å². The van der Waals surface area contributed by atoms with Crippen LogP contribution in [0.4, 0.5) is 5.69 Å². The summed E-state index contributed by atoms with van der Waals surface area (Å²) >= 11 is 3.13. The van der Waals surface area contributed by atoms with E-state index < -0.39 is 5.92 Å². The van der Waals surface area contributed by atoms with Gasteiger partial charge in [-0.1, -0.05) is 6.07 Å². The van der Waals surface area contributed by atoms with Gasteiger partial charge in [-0.05, 0) is 40.2 Å². The van der Waals surface area contributed by atoms with Gasteiger partial charge in [0.15, 0.2) is 10.4 Å². The molecule has 1 aromatic carbocycles. The predicted octanol–water partition coefficient (Wildman–Crippen LogP) is 1.95. The predicted molar refractivity (Wildman–Crippen MR) is 105 cm³/mol. The highest BCUT2D eigenvalue weighted by molar-refractivity contribution is 9.10. The molecule has 0 aliphatic carbocycles. The second kappa shape index (κ2) is 8.92. The maximum atomic E-state index is 12.4. The molecule has 0 saturated carbocycles. The zero-order valence-corrected chi connectivity index (χ0v) is 16.8. The second-order valence-corrected chi connectivity index (χ2v) is 7.04. The van der Waals surface area contributed by atoms with Crippen molar-refractivity contribution in [3.63, 3.8) is 0 Å². The smallest absolute Gasteiger partial charge is 0.287 e. The highest BCUT2D eigenvalue weighted by Gasteiger charge is 2.35. The number of hydrogen-bond donors (Lipinski definition) is 2. The molecule has 1 saturated heterocycles. The molecule has 3 amide bonds. The number of rotatable bonds is 7. The van der Waals surface area contributed by atoms with Gasteiger partial charge in [-0.15, -0.1) is 0 Å². The van der Waals surface area contributed by atoms with E-state index in [0.717, 1.165) is 0 Å². The quantitative estimate of drug-likeness (QED) is 0.629. The lowest BCUT2D eigenvalue weighted by Gasteiger charge is -2.17. The summed E-state index contributed by atoms with van der Waals surface area (Å²) in [5.74, 6) is -0.277. The van der Waals surface area contributed by atoms with Crippen LogP contribution in [0.5, 0.6) is 5.75 Å². The van der Waals surface area contributed by atoms with Crippen LogP contribution in [0.1, 0.15) is 17.0 Å². The molecule has 0 bridgehead atoms. The molecule has 1 atom stereocenters. The van der Waals surface area contributed by atoms with Gasteiger partial charge in [0.1, 0.15) is 5.75 Å². The van der Waals surface area contributed by atoms with Crippen molar-refractivity contribution < 1.29 is 23.5 Å². The Labute approximate surface area is 170 Å². The number of ether oxygens (including phenoxy) is 1. The number of carbonyl (C=O) groups is 3. The minimum atomic E-state index is -0.435. The van der Waals surface area contributed by atoms with Crippen molar-refractivity contribution in [2.75, 3.05) is 31.6 Å². The Morgan fingerprint density at radius 2 is 2.04 bits per heavy atom. The van der Waals surface area contributed by atoms with Crippen molar-refractivity contribution in [2.24, 2.45) is 5.92 Å². The normalized spacial score (nSPS) is 16.1. The molecule has 1 aliphatic rings. The average molecular weight is 450 g/mol. The van der Waals surface area contributed by atoms with Crippen LogP contribution in [-0.4, -0.2) is 44.5 Å². The Morgan fingerprint density at radius 1 is 1.25 bits per heavy atom. The molecule has 8 nitrogen and oxygen atoms in total. The number of anilines is 1. The highest BCUT2D eigenvalue weighted by atomic mass is 79.9. The number of methoxy groups -OCH3 is 1. The molecule has 28 heavy (non-hydrogen) atoms. The van der Waals surface area contributed by atoms with Gasteiger partial charge in [0, 0.05) is 37.8 Å². The fraction of sp³-hybridized carbons (Fsp3) is 0.316. The first-order valence-corrected chi connectivity index (χ1v) is 9.53. The fourth-order valence-corrected chi connectivity index (χ4v) is 3.25. The van der Waals surface area contributed by atoms with Crippen molar-refractivity contribution in [3.8, 4) is 5.75 Å². The Morgan fingerprint density at radius 3 is 2.75 bits per heavy atom. The summed E-state index contributed by atoms with van der Waals surface area (Å²) < 4.78 is 10.8. The number of furan rings is 1. The lowest BCUT2D eigenvalue weighted by atomic mass is 10.1. The van der Waals surface area contributed by atoms with E-state index in [1.165, 1.54) is 0 Å². The molecule has 1 aliphatic heterocycles.